The second kappa shape index (κ2) is 4.74. The number of rotatable bonds is 3. The van der Waals surface area contributed by atoms with Crippen molar-refractivity contribution in [1.82, 2.24) is 4.98 Å². The number of pyridine rings is 1. The van der Waals surface area contributed by atoms with Crippen LogP contribution in [0.25, 0.3) is 0 Å². The highest BCUT2D eigenvalue weighted by molar-refractivity contribution is 5.83. The van der Waals surface area contributed by atoms with E-state index in [-0.39, 0.29) is 0 Å². The minimum atomic E-state index is 0.687. The van der Waals surface area contributed by atoms with E-state index in [4.69, 9.17) is 5.73 Å². The molecule has 0 saturated carbocycles. The molecule has 0 aliphatic rings. The molecular weight excluding hydrogens is 174 g/mol. The molecule has 0 atom stereocenters. The molecule has 3 heteroatoms. The normalized spacial score (nSPS) is 11.8. The van der Waals surface area contributed by atoms with Gasteiger partial charge < -0.3 is 5.73 Å². The van der Waals surface area contributed by atoms with Crippen LogP contribution < -0.4 is 5.73 Å². The minimum absolute atomic E-state index is 0.687. The highest BCUT2D eigenvalue weighted by Crippen LogP contribution is 2.20. The van der Waals surface area contributed by atoms with Crippen molar-refractivity contribution >= 4 is 11.5 Å². The number of aryl methyl sites for hydroxylation is 2. The zero-order valence-electron chi connectivity index (χ0n) is 9.04. The van der Waals surface area contributed by atoms with Crippen LogP contribution >= 0.6 is 0 Å². The number of amidine groups is 1. The van der Waals surface area contributed by atoms with Crippen molar-refractivity contribution in [3.63, 3.8) is 0 Å². The Balaban J connectivity index is 3.01. The Kier molecular flexibility index (Phi) is 3.63. The third-order valence-corrected chi connectivity index (χ3v) is 2.07. The van der Waals surface area contributed by atoms with Crippen molar-refractivity contribution in [1.29, 1.82) is 0 Å². The summed E-state index contributed by atoms with van der Waals surface area (Å²) in [5, 5.41) is 0. The van der Waals surface area contributed by atoms with Crippen LogP contribution in [-0.4, -0.2) is 10.8 Å². The fourth-order valence-electron chi connectivity index (χ4n) is 1.31. The average Bonchev–Trinajstić information content (AvgIpc) is 2.12. The van der Waals surface area contributed by atoms with Crippen molar-refractivity contribution in [3.05, 3.63) is 23.5 Å². The fraction of sp³-hybridized carbons (Fsp3) is 0.455. The van der Waals surface area contributed by atoms with Crippen LogP contribution in [-0.2, 0) is 0 Å². The van der Waals surface area contributed by atoms with Gasteiger partial charge in [-0.15, -0.1) is 0 Å². The third kappa shape index (κ3) is 2.55. The first-order valence-corrected chi connectivity index (χ1v) is 4.90. The van der Waals surface area contributed by atoms with Gasteiger partial charge in [0, 0.05) is 12.6 Å². The Morgan fingerprint density at radius 2 is 2.21 bits per heavy atom. The Hall–Kier alpha value is -1.38. The van der Waals surface area contributed by atoms with Gasteiger partial charge in [-0.2, -0.15) is 0 Å². The van der Waals surface area contributed by atoms with Gasteiger partial charge in [0.1, 0.15) is 0 Å². The summed E-state index contributed by atoms with van der Waals surface area (Å²) in [6.07, 6.45) is 3.65. The predicted octanol–water partition coefficient (Wildman–Crippen LogP) is 2.49. The molecule has 1 aromatic heterocycles. The molecule has 0 radical (unpaired) electrons. The molecule has 0 bridgehead atoms. The standard InChI is InChI=1S/C11H17N3/c1-4-5-10(12)14-11-8(2)6-7-13-9(11)3/h6-7H,4-5H2,1-3H3,(H2,12,14). The average molecular weight is 191 g/mol. The van der Waals surface area contributed by atoms with E-state index in [1.165, 1.54) is 0 Å². The van der Waals surface area contributed by atoms with Crippen LogP contribution in [0.3, 0.4) is 0 Å². The molecule has 0 fully saturated rings. The first-order valence-electron chi connectivity index (χ1n) is 4.90. The summed E-state index contributed by atoms with van der Waals surface area (Å²) < 4.78 is 0. The van der Waals surface area contributed by atoms with Gasteiger partial charge in [-0.3, -0.25) is 4.98 Å². The zero-order chi connectivity index (χ0) is 10.6. The Bertz CT molecular complexity index is 322. The third-order valence-electron chi connectivity index (χ3n) is 2.07. The van der Waals surface area contributed by atoms with Crippen LogP contribution in [0.5, 0.6) is 0 Å². The molecule has 0 spiro atoms. The van der Waals surface area contributed by atoms with Crippen molar-refractivity contribution in [2.75, 3.05) is 0 Å². The quantitative estimate of drug-likeness (QED) is 0.589. The van der Waals surface area contributed by atoms with Gasteiger partial charge in [0.05, 0.1) is 17.2 Å². The number of aromatic nitrogens is 1. The van der Waals surface area contributed by atoms with E-state index in [0.29, 0.717) is 5.84 Å². The van der Waals surface area contributed by atoms with Crippen LogP contribution in [0, 0.1) is 13.8 Å². The lowest BCUT2D eigenvalue weighted by atomic mass is 10.2. The molecule has 0 aromatic carbocycles. The highest BCUT2D eigenvalue weighted by atomic mass is 14.9. The molecule has 76 valence electrons. The van der Waals surface area contributed by atoms with Gasteiger partial charge >= 0.3 is 0 Å². The lowest BCUT2D eigenvalue weighted by Gasteiger charge is -2.04. The lowest BCUT2D eigenvalue weighted by molar-refractivity contribution is 0.981. The molecule has 3 nitrogen and oxygen atoms in total. The molecular formula is C11H17N3. The molecule has 1 rings (SSSR count). The summed E-state index contributed by atoms with van der Waals surface area (Å²) in [4.78, 5) is 8.57. The Labute approximate surface area is 85.1 Å². The van der Waals surface area contributed by atoms with E-state index in [2.05, 4.69) is 16.9 Å². The van der Waals surface area contributed by atoms with E-state index in [0.717, 1.165) is 29.8 Å². The van der Waals surface area contributed by atoms with Gasteiger partial charge in [0.15, 0.2) is 0 Å². The molecule has 0 aliphatic heterocycles. The second-order valence-corrected chi connectivity index (χ2v) is 3.42. The summed E-state index contributed by atoms with van der Waals surface area (Å²) in [6, 6.07) is 1.95. The first kappa shape index (κ1) is 10.7. The van der Waals surface area contributed by atoms with E-state index < -0.39 is 0 Å². The molecule has 2 N–H and O–H groups in total. The van der Waals surface area contributed by atoms with E-state index in [9.17, 15) is 0 Å². The SMILES string of the molecule is CCCC(N)=Nc1c(C)ccnc1C. The summed E-state index contributed by atoms with van der Waals surface area (Å²) in [5.41, 5.74) is 8.75. The topological polar surface area (TPSA) is 51.3 Å². The number of aliphatic imine (C=N–C) groups is 1. The number of hydrogen-bond acceptors (Lipinski definition) is 2. The van der Waals surface area contributed by atoms with E-state index >= 15 is 0 Å². The van der Waals surface area contributed by atoms with Gasteiger partial charge in [-0.1, -0.05) is 6.92 Å². The van der Waals surface area contributed by atoms with Gasteiger partial charge in [-0.05, 0) is 31.9 Å². The smallest absolute Gasteiger partial charge is 0.0997 e. The van der Waals surface area contributed by atoms with Crippen molar-refractivity contribution in [2.45, 2.75) is 33.6 Å². The summed E-state index contributed by atoms with van der Waals surface area (Å²) in [7, 11) is 0. The summed E-state index contributed by atoms with van der Waals surface area (Å²) in [6.45, 7) is 6.06. The van der Waals surface area contributed by atoms with Crippen LogP contribution in [0.2, 0.25) is 0 Å². The summed E-state index contributed by atoms with van der Waals surface area (Å²) >= 11 is 0. The second-order valence-electron chi connectivity index (χ2n) is 3.42. The van der Waals surface area contributed by atoms with Gasteiger partial charge in [0.2, 0.25) is 0 Å². The fourth-order valence-corrected chi connectivity index (χ4v) is 1.31. The maximum atomic E-state index is 5.78. The molecule has 0 aliphatic carbocycles. The number of hydrogen-bond donors (Lipinski definition) is 1. The molecule has 1 heterocycles. The highest BCUT2D eigenvalue weighted by Gasteiger charge is 2.01. The maximum absolute atomic E-state index is 5.78. The van der Waals surface area contributed by atoms with E-state index in [1.54, 1.807) is 6.20 Å². The Morgan fingerprint density at radius 3 is 2.79 bits per heavy atom. The molecule has 14 heavy (non-hydrogen) atoms. The van der Waals surface area contributed by atoms with Crippen LogP contribution in [0.15, 0.2) is 17.3 Å². The van der Waals surface area contributed by atoms with Crippen molar-refractivity contribution < 1.29 is 0 Å². The molecule has 0 amide bonds. The summed E-state index contributed by atoms with van der Waals surface area (Å²) in [5.74, 6) is 0.687. The van der Waals surface area contributed by atoms with Crippen molar-refractivity contribution in [3.8, 4) is 0 Å². The van der Waals surface area contributed by atoms with Crippen molar-refractivity contribution in [2.24, 2.45) is 10.7 Å². The molecule has 0 unspecified atom stereocenters. The zero-order valence-corrected chi connectivity index (χ0v) is 9.04. The van der Waals surface area contributed by atoms with Gasteiger partial charge in [-0.25, -0.2) is 4.99 Å². The monoisotopic (exact) mass is 191 g/mol. The maximum Gasteiger partial charge on any atom is 0.0997 e. The first-order chi connectivity index (χ1) is 6.65. The largest absolute Gasteiger partial charge is 0.387 e. The van der Waals surface area contributed by atoms with Crippen LogP contribution in [0.1, 0.15) is 31.0 Å². The molecule has 0 saturated heterocycles. The number of nitrogens with two attached hydrogens (primary N) is 1. The minimum Gasteiger partial charge on any atom is -0.387 e. The molecule has 1 aromatic rings. The predicted molar refractivity (Wildman–Crippen MR) is 59.9 cm³/mol. The Morgan fingerprint density at radius 1 is 1.50 bits per heavy atom. The number of nitrogens with zero attached hydrogens (tertiary/aromatic N) is 2. The lowest BCUT2D eigenvalue weighted by Crippen LogP contribution is -2.10. The van der Waals surface area contributed by atoms with Gasteiger partial charge in [0.25, 0.3) is 0 Å². The van der Waals surface area contributed by atoms with Crippen LogP contribution in [0.4, 0.5) is 5.69 Å². The van der Waals surface area contributed by atoms with E-state index in [1.807, 2.05) is 19.9 Å².